The number of amides is 1. The second-order valence-electron chi connectivity index (χ2n) is 3.61. The fraction of sp³-hybridized carbons (Fsp3) is 0.667. The Morgan fingerprint density at radius 2 is 2.40 bits per heavy atom. The Bertz CT molecular complexity index is 320. The Labute approximate surface area is 88.9 Å². The van der Waals surface area contributed by atoms with Gasteiger partial charge in [0.05, 0.1) is 6.54 Å². The van der Waals surface area contributed by atoms with Crippen LogP contribution in [0.1, 0.15) is 32.1 Å². The molecule has 0 aliphatic heterocycles. The van der Waals surface area contributed by atoms with Gasteiger partial charge in [-0.25, -0.2) is 9.67 Å². The zero-order valence-corrected chi connectivity index (χ0v) is 9.10. The summed E-state index contributed by atoms with van der Waals surface area (Å²) < 4.78 is 1.84. The molecule has 1 rings (SSSR count). The molecule has 0 bridgehead atoms. The third-order valence-electron chi connectivity index (χ3n) is 1.97. The third-order valence-corrected chi connectivity index (χ3v) is 1.97. The van der Waals surface area contributed by atoms with E-state index in [0.717, 1.165) is 5.82 Å². The lowest BCUT2D eigenvalue weighted by atomic mass is 10.4. The second kappa shape index (κ2) is 5.45. The van der Waals surface area contributed by atoms with Crippen LogP contribution in [0.2, 0.25) is 0 Å². The van der Waals surface area contributed by atoms with E-state index in [-0.39, 0.29) is 5.91 Å². The Balaban J connectivity index is 2.37. The van der Waals surface area contributed by atoms with E-state index in [9.17, 15) is 4.79 Å². The van der Waals surface area contributed by atoms with Crippen LogP contribution in [-0.2, 0) is 11.3 Å². The maximum Gasteiger partial charge on any atom is 0.218 e. The summed E-state index contributed by atoms with van der Waals surface area (Å²) in [6.45, 7) is 5.26. The summed E-state index contributed by atoms with van der Waals surface area (Å²) in [6, 6.07) is 0.292. The molecule has 84 valence electrons. The van der Waals surface area contributed by atoms with Crippen LogP contribution in [0.4, 0.5) is 0 Å². The molecule has 0 spiro atoms. The molecule has 0 atom stereocenters. The fourth-order valence-electron chi connectivity index (χ4n) is 1.24. The largest absolute Gasteiger partial charge is 0.370 e. The van der Waals surface area contributed by atoms with Gasteiger partial charge in [0.2, 0.25) is 5.91 Å². The normalized spacial score (nSPS) is 10.9. The smallest absolute Gasteiger partial charge is 0.218 e. The summed E-state index contributed by atoms with van der Waals surface area (Å²) in [5.74, 6) is 0.572. The van der Waals surface area contributed by atoms with Gasteiger partial charge in [-0.3, -0.25) is 4.79 Å². The molecule has 0 fully saturated rings. The monoisotopic (exact) mass is 211 g/mol. The molecule has 0 aliphatic carbocycles. The maximum absolute atomic E-state index is 10.5. The average molecular weight is 211 g/mol. The Kier molecular flexibility index (Phi) is 4.23. The SMILES string of the molecule is CC(C)n1ncnc1CNCCC(N)=O. The molecule has 15 heavy (non-hydrogen) atoms. The van der Waals surface area contributed by atoms with Gasteiger partial charge in [0, 0.05) is 19.0 Å². The number of rotatable bonds is 6. The number of carbonyl (C=O) groups is 1. The van der Waals surface area contributed by atoms with E-state index >= 15 is 0 Å². The van der Waals surface area contributed by atoms with Gasteiger partial charge in [0.15, 0.2) is 0 Å². The van der Waals surface area contributed by atoms with Crippen LogP contribution in [0.25, 0.3) is 0 Å². The van der Waals surface area contributed by atoms with Crippen LogP contribution in [-0.4, -0.2) is 27.2 Å². The van der Waals surface area contributed by atoms with Crippen molar-refractivity contribution in [3.8, 4) is 0 Å². The van der Waals surface area contributed by atoms with Crippen molar-refractivity contribution in [1.29, 1.82) is 0 Å². The maximum atomic E-state index is 10.5. The zero-order chi connectivity index (χ0) is 11.3. The lowest BCUT2D eigenvalue weighted by molar-refractivity contribution is -0.117. The van der Waals surface area contributed by atoms with E-state index in [1.807, 2.05) is 18.5 Å². The van der Waals surface area contributed by atoms with E-state index in [2.05, 4.69) is 15.4 Å². The summed E-state index contributed by atoms with van der Waals surface area (Å²) >= 11 is 0. The van der Waals surface area contributed by atoms with Gasteiger partial charge in [0.1, 0.15) is 12.2 Å². The number of nitrogens with zero attached hydrogens (tertiary/aromatic N) is 3. The molecule has 0 unspecified atom stereocenters. The van der Waals surface area contributed by atoms with E-state index < -0.39 is 0 Å². The first-order chi connectivity index (χ1) is 7.11. The predicted molar refractivity (Wildman–Crippen MR) is 55.9 cm³/mol. The molecule has 1 aromatic rings. The topological polar surface area (TPSA) is 85.8 Å². The van der Waals surface area contributed by atoms with Crippen LogP contribution in [0.15, 0.2) is 6.33 Å². The minimum Gasteiger partial charge on any atom is -0.370 e. The molecule has 0 aromatic carbocycles. The Hall–Kier alpha value is -1.43. The number of aromatic nitrogens is 3. The first-order valence-electron chi connectivity index (χ1n) is 4.98. The molecular weight excluding hydrogens is 194 g/mol. The van der Waals surface area contributed by atoms with Crippen molar-refractivity contribution in [2.75, 3.05) is 6.54 Å². The van der Waals surface area contributed by atoms with Gasteiger partial charge in [-0.15, -0.1) is 0 Å². The van der Waals surface area contributed by atoms with Gasteiger partial charge in [-0.1, -0.05) is 0 Å². The van der Waals surface area contributed by atoms with E-state index in [1.54, 1.807) is 0 Å². The Morgan fingerprint density at radius 1 is 1.67 bits per heavy atom. The van der Waals surface area contributed by atoms with Crippen molar-refractivity contribution in [3.63, 3.8) is 0 Å². The summed E-state index contributed by atoms with van der Waals surface area (Å²) in [5, 5.41) is 7.19. The molecule has 0 saturated carbocycles. The van der Waals surface area contributed by atoms with E-state index in [1.165, 1.54) is 6.33 Å². The highest BCUT2D eigenvalue weighted by Gasteiger charge is 2.06. The van der Waals surface area contributed by atoms with E-state index in [4.69, 9.17) is 5.73 Å². The van der Waals surface area contributed by atoms with Crippen LogP contribution in [0.5, 0.6) is 0 Å². The van der Waals surface area contributed by atoms with Gasteiger partial charge in [-0.2, -0.15) is 5.10 Å². The number of nitrogens with two attached hydrogens (primary N) is 1. The number of primary amides is 1. The van der Waals surface area contributed by atoms with Crippen molar-refractivity contribution in [2.24, 2.45) is 5.73 Å². The van der Waals surface area contributed by atoms with E-state index in [0.29, 0.717) is 25.6 Å². The minimum absolute atomic E-state index is 0.292. The molecule has 6 heteroatoms. The summed E-state index contributed by atoms with van der Waals surface area (Å²) in [5.41, 5.74) is 5.02. The highest BCUT2D eigenvalue weighted by molar-refractivity contribution is 5.73. The molecule has 6 nitrogen and oxygen atoms in total. The predicted octanol–water partition coefficient (Wildman–Crippen LogP) is -0.176. The van der Waals surface area contributed by atoms with Gasteiger partial charge >= 0.3 is 0 Å². The molecule has 0 radical (unpaired) electrons. The molecule has 1 heterocycles. The number of carbonyl (C=O) groups excluding carboxylic acids is 1. The van der Waals surface area contributed by atoms with Gasteiger partial charge in [0.25, 0.3) is 0 Å². The second-order valence-corrected chi connectivity index (χ2v) is 3.61. The van der Waals surface area contributed by atoms with Gasteiger partial charge in [-0.05, 0) is 13.8 Å². The lowest BCUT2D eigenvalue weighted by Crippen LogP contribution is -2.23. The number of hydrogen-bond donors (Lipinski definition) is 2. The minimum atomic E-state index is -0.298. The standard InChI is InChI=1S/C9H17N5O/c1-7(2)14-9(12-6-13-14)5-11-4-3-8(10)15/h6-7,11H,3-5H2,1-2H3,(H2,10,15). The summed E-state index contributed by atoms with van der Waals surface area (Å²) in [4.78, 5) is 14.6. The number of nitrogens with one attached hydrogen (secondary N) is 1. The first-order valence-corrected chi connectivity index (χ1v) is 4.98. The highest BCUT2D eigenvalue weighted by atomic mass is 16.1. The quantitative estimate of drug-likeness (QED) is 0.639. The van der Waals surface area contributed by atoms with Crippen LogP contribution < -0.4 is 11.1 Å². The number of hydrogen-bond acceptors (Lipinski definition) is 4. The molecule has 3 N–H and O–H groups in total. The molecule has 0 aliphatic rings. The average Bonchev–Trinajstić information content (AvgIpc) is 2.60. The lowest BCUT2D eigenvalue weighted by Gasteiger charge is -2.09. The fourth-order valence-corrected chi connectivity index (χ4v) is 1.24. The first kappa shape index (κ1) is 11.6. The highest BCUT2D eigenvalue weighted by Crippen LogP contribution is 2.04. The summed E-state index contributed by atoms with van der Waals surface area (Å²) in [6.07, 6.45) is 1.88. The molecule has 1 aromatic heterocycles. The van der Waals surface area contributed by atoms with Crippen molar-refractivity contribution in [3.05, 3.63) is 12.2 Å². The molecule has 1 amide bonds. The van der Waals surface area contributed by atoms with Crippen molar-refractivity contribution in [1.82, 2.24) is 20.1 Å². The zero-order valence-electron chi connectivity index (χ0n) is 9.10. The molecular formula is C9H17N5O. The van der Waals surface area contributed by atoms with Crippen molar-refractivity contribution in [2.45, 2.75) is 32.9 Å². The third kappa shape index (κ3) is 3.67. The summed E-state index contributed by atoms with van der Waals surface area (Å²) in [7, 11) is 0. The van der Waals surface area contributed by atoms with Crippen molar-refractivity contribution < 1.29 is 4.79 Å². The Morgan fingerprint density at radius 3 is 3.00 bits per heavy atom. The van der Waals surface area contributed by atoms with Crippen molar-refractivity contribution >= 4 is 5.91 Å². The van der Waals surface area contributed by atoms with Gasteiger partial charge < -0.3 is 11.1 Å². The van der Waals surface area contributed by atoms with Crippen LogP contribution in [0.3, 0.4) is 0 Å². The molecule has 0 saturated heterocycles. The van der Waals surface area contributed by atoms with Crippen LogP contribution in [0, 0.1) is 0 Å². The van der Waals surface area contributed by atoms with Crippen LogP contribution >= 0.6 is 0 Å².